The zero-order chi connectivity index (χ0) is 15.5. The fourth-order valence-corrected chi connectivity index (χ4v) is 3.71. The lowest BCUT2D eigenvalue weighted by molar-refractivity contribution is 0.339. The van der Waals surface area contributed by atoms with Gasteiger partial charge in [0, 0.05) is 6.07 Å². The van der Waals surface area contributed by atoms with E-state index in [1.165, 1.54) is 6.07 Å². The van der Waals surface area contributed by atoms with Crippen molar-refractivity contribution in [1.82, 2.24) is 0 Å². The van der Waals surface area contributed by atoms with E-state index in [0.717, 1.165) is 11.1 Å². The maximum Gasteiger partial charge on any atom is 0.184 e. The van der Waals surface area contributed by atoms with Gasteiger partial charge >= 0.3 is 0 Å². The summed E-state index contributed by atoms with van der Waals surface area (Å²) in [5, 5.41) is 0. The predicted octanol–water partition coefficient (Wildman–Crippen LogP) is 2.95. The highest BCUT2D eigenvalue weighted by Gasteiger charge is 2.20. The number of anilines is 1. The van der Waals surface area contributed by atoms with Crippen molar-refractivity contribution in [3.8, 4) is 5.75 Å². The Morgan fingerprint density at radius 2 is 1.86 bits per heavy atom. The molecule has 0 amide bonds. The Bertz CT molecular complexity index is 739. The van der Waals surface area contributed by atoms with Crippen molar-refractivity contribution in [3.05, 3.63) is 53.6 Å². The van der Waals surface area contributed by atoms with Crippen LogP contribution in [0.15, 0.2) is 47.4 Å². The van der Waals surface area contributed by atoms with Crippen LogP contribution in [-0.4, -0.2) is 15.0 Å². The van der Waals surface area contributed by atoms with Crippen molar-refractivity contribution in [3.63, 3.8) is 0 Å². The lowest BCUT2D eigenvalue weighted by atomic mass is 10.1. The molecule has 0 saturated heterocycles. The van der Waals surface area contributed by atoms with Crippen molar-refractivity contribution in [2.24, 2.45) is 0 Å². The molecule has 21 heavy (non-hydrogen) atoms. The highest BCUT2D eigenvalue weighted by Crippen LogP contribution is 2.27. The maximum absolute atomic E-state index is 12.6. The van der Waals surface area contributed by atoms with E-state index in [1.54, 1.807) is 12.1 Å². The minimum Gasteiger partial charge on any atom is -0.494 e. The van der Waals surface area contributed by atoms with E-state index >= 15 is 0 Å². The average Bonchev–Trinajstić information content (AvgIpc) is 2.43. The second kappa shape index (κ2) is 6.18. The first-order valence-electron chi connectivity index (χ1n) is 6.73. The number of nitrogens with two attached hydrogens (primary N) is 1. The number of aryl methyl sites for hydroxylation is 1. The van der Waals surface area contributed by atoms with E-state index < -0.39 is 9.84 Å². The highest BCUT2D eigenvalue weighted by atomic mass is 32.2. The number of sulfone groups is 1. The van der Waals surface area contributed by atoms with Gasteiger partial charge in [-0.1, -0.05) is 24.3 Å². The molecule has 0 aliphatic heterocycles. The molecule has 0 aliphatic carbocycles. The molecule has 0 aromatic heterocycles. The van der Waals surface area contributed by atoms with E-state index in [9.17, 15) is 8.42 Å². The van der Waals surface area contributed by atoms with Crippen molar-refractivity contribution < 1.29 is 13.2 Å². The molecule has 2 rings (SSSR count). The molecule has 5 heteroatoms. The Labute approximate surface area is 125 Å². The Kier molecular flexibility index (Phi) is 4.53. The fourth-order valence-electron chi connectivity index (χ4n) is 2.09. The van der Waals surface area contributed by atoms with E-state index in [0.29, 0.717) is 12.4 Å². The number of rotatable bonds is 5. The van der Waals surface area contributed by atoms with Crippen LogP contribution in [0.5, 0.6) is 5.75 Å². The number of hydrogen-bond acceptors (Lipinski definition) is 4. The molecule has 2 aromatic rings. The van der Waals surface area contributed by atoms with Crippen molar-refractivity contribution in [1.29, 1.82) is 0 Å². The van der Waals surface area contributed by atoms with Gasteiger partial charge in [0.1, 0.15) is 5.75 Å². The number of ether oxygens (including phenoxy) is 1. The van der Waals surface area contributed by atoms with E-state index in [-0.39, 0.29) is 16.3 Å². The summed E-state index contributed by atoms with van der Waals surface area (Å²) in [6.07, 6.45) is 0. The van der Waals surface area contributed by atoms with Crippen molar-refractivity contribution in [2.45, 2.75) is 24.5 Å². The summed E-state index contributed by atoms with van der Waals surface area (Å²) in [7, 11) is -3.51. The van der Waals surface area contributed by atoms with Gasteiger partial charge in [-0.25, -0.2) is 8.42 Å². The molecule has 4 nitrogen and oxygen atoms in total. The summed E-state index contributed by atoms with van der Waals surface area (Å²) in [5.74, 6) is 0.439. The topological polar surface area (TPSA) is 69.4 Å². The Morgan fingerprint density at radius 3 is 2.52 bits per heavy atom. The predicted molar refractivity (Wildman–Crippen MR) is 84.1 cm³/mol. The van der Waals surface area contributed by atoms with Gasteiger partial charge in [-0.2, -0.15) is 0 Å². The van der Waals surface area contributed by atoms with Gasteiger partial charge in [0.2, 0.25) is 0 Å². The first kappa shape index (κ1) is 15.4. The third-order valence-corrected chi connectivity index (χ3v) is 4.95. The quantitative estimate of drug-likeness (QED) is 0.862. The minimum absolute atomic E-state index is 0.0700. The second-order valence-corrected chi connectivity index (χ2v) is 6.78. The van der Waals surface area contributed by atoms with Crippen LogP contribution in [0.4, 0.5) is 5.69 Å². The summed E-state index contributed by atoms with van der Waals surface area (Å²) in [6.45, 7) is 4.21. The van der Waals surface area contributed by atoms with E-state index in [2.05, 4.69) is 0 Å². The van der Waals surface area contributed by atoms with E-state index in [4.69, 9.17) is 10.5 Å². The highest BCUT2D eigenvalue weighted by molar-refractivity contribution is 7.90. The van der Waals surface area contributed by atoms with Crippen LogP contribution in [0.2, 0.25) is 0 Å². The molecule has 0 fully saturated rings. The Balaban J connectivity index is 2.40. The largest absolute Gasteiger partial charge is 0.494 e. The van der Waals surface area contributed by atoms with Crippen LogP contribution in [0, 0.1) is 6.92 Å². The third-order valence-electron chi connectivity index (χ3n) is 3.24. The second-order valence-electron chi connectivity index (χ2n) is 4.82. The van der Waals surface area contributed by atoms with Crippen LogP contribution in [-0.2, 0) is 15.6 Å². The average molecular weight is 305 g/mol. The third kappa shape index (κ3) is 3.55. The minimum atomic E-state index is -3.51. The van der Waals surface area contributed by atoms with Gasteiger partial charge < -0.3 is 10.5 Å². The monoisotopic (exact) mass is 305 g/mol. The molecular weight excluding hydrogens is 286 g/mol. The van der Waals surface area contributed by atoms with Gasteiger partial charge in [0.05, 0.1) is 22.9 Å². The number of nitrogen functional groups attached to an aromatic ring is 1. The van der Waals surface area contributed by atoms with Gasteiger partial charge in [-0.15, -0.1) is 0 Å². The lowest BCUT2D eigenvalue weighted by Gasteiger charge is -2.11. The van der Waals surface area contributed by atoms with Gasteiger partial charge in [-0.3, -0.25) is 0 Å². The molecule has 2 N–H and O–H groups in total. The van der Waals surface area contributed by atoms with Gasteiger partial charge in [0.25, 0.3) is 0 Å². The molecule has 0 aliphatic rings. The first-order chi connectivity index (χ1) is 9.94. The molecule has 0 unspecified atom stereocenters. The molecule has 0 heterocycles. The molecule has 0 spiro atoms. The van der Waals surface area contributed by atoms with Crippen LogP contribution < -0.4 is 10.5 Å². The number of benzene rings is 2. The fraction of sp³-hybridized carbons (Fsp3) is 0.250. The summed E-state index contributed by atoms with van der Waals surface area (Å²) in [5.41, 5.74) is 7.79. The van der Waals surface area contributed by atoms with E-state index in [1.807, 2.05) is 38.1 Å². The number of hydrogen-bond donors (Lipinski definition) is 1. The maximum atomic E-state index is 12.6. The van der Waals surface area contributed by atoms with Crippen LogP contribution in [0.25, 0.3) is 0 Å². The van der Waals surface area contributed by atoms with Crippen molar-refractivity contribution >= 4 is 15.5 Å². The summed E-state index contributed by atoms with van der Waals surface area (Å²) < 4.78 is 30.5. The van der Waals surface area contributed by atoms with Gasteiger partial charge in [0.15, 0.2) is 9.84 Å². The Morgan fingerprint density at radius 1 is 1.14 bits per heavy atom. The van der Waals surface area contributed by atoms with Crippen LogP contribution >= 0.6 is 0 Å². The molecular formula is C16H19NO3S. The summed E-state index contributed by atoms with van der Waals surface area (Å²) in [4.78, 5) is 0.122. The molecule has 112 valence electrons. The molecule has 2 aromatic carbocycles. The zero-order valence-electron chi connectivity index (χ0n) is 12.2. The Hall–Kier alpha value is -2.01. The standard InChI is InChI=1S/C16H19NO3S/c1-3-20-14-8-9-15(17)16(10-14)21(18,19)11-13-7-5-4-6-12(13)2/h4-10H,3,11,17H2,1-2H3. The van der Waals surface area contributed by atoms with Crippen LogP contribution in [0.3, 0.4) is 0 Å². The molecule has 0 saturated carbocycles. The SMILES string of the molecule is CCOc1ccc(N)c(S(=O)(=O)Cc2ccccc2C)c1. The van der Waals surface area contributed by atoms with Crippen molar-refractivity contribution in [2.75, 3.05) is 12.3 Å². The molecule has 0 atom stereocenters. The zero-order valence-corrected chi connectivity index (χ0v) is 13.0. The smallest absolute Gasteiger partial charge is 0.184 e. The summed E-state index contributed by atoms with van der Waals surface area (Å²) in [6, 6.07) is 12.2. The van der Waals surface area contributed by atoms with Crippen LogP contribution in [0.1, 0.15) is 18.1 Å². The molecule has 0 radical (unpaired) electrons. The molecule has 0 bridgehead atoms. The normalized spacial score (nSPS) is 11.3. The first-order valence-corrected chi connectivity index (χ1v) is 8.39. The summed E-state index contributed by atoms with van der Waals surface area (Å²) >= 11 is 0. The lowest BCUT2D eigenvalue weighted by Crippen LogP contribution is -2.09. The van der Waals surface area contributed by atoms with Gasteiger partial charge in [-0.05, 0) is 37.1 Å².